The SMILES string of the molecule is O=C(c1cccc2ncsc12)N1CCN(c2ccc(Cl)cn2)CC1. The minimum Gasteiger partial charge on any atom is -0.353 e. The van der Waals surface area contributed by atoms with Crippen LogP contribution in [0, 0.1) is 0 Å². The lowest BCUT2D eigenvalue weighted by Crippen LogP contribution is -2.49. The van der Waals surface area contributed by atoms with Gasteiger partial charge in [-0.25, -0.2) is 9.97 Å². The highest BCUT2D eigenvalue weighted by atomic mass is 35.5. The number of piperazine rings is 1. The van der Waals surface area contributed by atoms with Gasteiger partial charge in [-0.05, 0) is 24.3 Å². The van der Waals surface area contributed by atoms with Crippen LogP contribution in [-0.4, -0.2) is 47.0 Å². The molecule has 122 valence electrons. The molecule has 4 rings (SSSR count). The predicted molar refractivity (Wildman–Crippen MR) is 97.0 cm³/mol. The highest BCUT2D eigenvalue weighted by Crippen LogP contribution is 2.24. The minimum absolute atomic E-state index is 0.0774. The topological polar surface area (TPSA) is 49.3 Å². The number of halogens is 1. The average Bonchev–Trinajstić information content (AvgIpc) is 3.11. The monoisotopic (exact) mass is 358 g/mol. The van der Waals surface area contributed by atoms with E-state index in [4.69, 9.17) is 11.6 Å². The summed E-state index contributed by atoms with van der Waals surface area (Å²) in [6.07, 6.45) is 1.65. The average molecular weight is 359 g/mol. The number of hydrogen-bond donors (Lipinski definition) is 0. The van der Waals surface area contributed by atoms with Crippen molar-refractivity contribution >= 4 is 44.9 Å². The Balaban J connectivity index is 1.48. The van der Waals surface area contributed by atoms with Crippen molar-refractivity contribution in [1.82, 2.24) is 14.9 Å². The third-order valence-electron chi connectivity index (χ3n) is 4.19. The molecule has 2 aromatic heterocycles. The van der Waals surface area contributed by atoms with E-state index in [-0.39, 0.29) is 5.91 Å². The van der Waals surface area contributed by atoms with Crippen LogP contribution in [0.3, 0.4) is 0 Å². The van der Waals surface area contributed by atoms with Crippen LogP contribution in [0.1, 0.15) is 10.4 Å². The number of fused-ring (bicyclic) bond motifs is 1. The number of thiazole rings is 1. The van der Waals surface area contributed by atoms with Gasteiger partial charge in [0.2, 0.25) is 0 Å². The second-order valence-electron chi connectivity index (χ2n) is 5.62. The first-order valence-electron chi connectivity index (χ1n) is 7.70. The van der Waals surface area contributed by atoms with E-state index in [1.165, 1.54) is 11.3 Å². The highest BCUT2D eigenvalue weighted by Gasteiger charge is 2.24. The fourth-order valence-electron chi connectivity index (χ4n) is 2.92. The summed E-state index contributed by atoms with van der Waals surface area (Å²) in [7, 11) is 0. The van der Waals surface area contributed by atoms with E-state index in [2.05, 4.69) is 14.9 Å². The number of anilines is 1. The van der Waals surface area contributed by atoms with E-state index in [1.807, 2.05) is 35.2 Å². The van der Waals surface area contributed by atoms with Gasteiger partial charge in [0.1, 0.15) is 5.82 Å². The molecular formula is C17H15ClN4OS. The van der Waals surface area contributed by atoms with Crippen LogP contribution in [0.2, 0.25) is 5.02 Å². The number of nitrogens with zero attached hydrogens (tertiary/aromatic N) is 4. The molecule has 1 aliphatic rings. The first kappa shape index (κ1) is 15.4. The molecule has 5 nitrogen and oxygen atoms in total. The fourth-order valence-corrected chi connectivity index (χ4v) is 3.83. The number of benzene rings is 1. The standard InChI is InChI=1S/C17H15ClN4OS/c18-12-4-5-15(19-10-12)21-6-8-22(9-7-21)17(23)13-2-1-3-14-16(13)24-11-20-14/h1-5,10-11H,6-9H2. The van der Waals surface area contributed by atoms with Crippen LogP contribution in [0.15, 0.2) is 42.0 Å². The Bertz CT molecular complexity index is 872. The van der Waals surface area contributed by atoms with Gasteiger partial charge < -0.3 is 9.80 Å². The van der Waals surface area contributed by atoms with Crippen molar-refractivity contribution in [2.75, 3.05) is 31.1 Å². The molecule has 3 aromatic rings. The van der Waals surface area contributed by atoms with Gasteiger partial charge in [-0.15, -0.1) is 11.3 Å². The summed E-state index contributed by atoms with van der Waals surface area (Å²) in [4.78, 5) is 25.6. The smallest absolute Gasteiger partial charge is 0.255 e. The Hall–Kier alpha value is -2.18. The van der Waals surface area contributed by atoms with Gasteiger partial charge in [0.25, 0.3) is 5.91 Å². The van der Waals surface area contributed by atoms with Gasteiger partial charge in [0.05, 0.1) is 26.3 Å². The third kappa shape index (κ3) is 2.83. The number of amides is 1. The number of carbonyl (C=O) groups excluding carboxylic acids is 1. The van der Waals surface area contributed by atoms with Crippen LogP contribution in [-0.2, 0) is 0 Å². The molecule has 7 heteroatoms. The van der Waals surface area contributed by atoms with E-state index in [0.29, 0.717) is 18.1 Å². The van der Waals surface area contributed by atoms with Crippen LogP contribution in [0.25, 0.3) is 10.2 Å². The quantitative estimate of drug-likeness (QED) is 0.705. The maximum atomic E-state index is 12.9. The Morgan fingerprint density at radius 2 is 1.92 bits per heavy atom. The van der Waals surface area contributed by atoms with Gasteiger partial charge in [0.15, 0.2) is 0 Å². The Labute approximate surface area is 148 Å². The molecule has 0 atom stereocenters. The van der Waals surface area contributed by atoms with E-state index >= 15 is 0 Å². The molecule has 24 heavy (non-hydrogen) atoms. The van der Waals surface area contributed by atoms with Gasteiger partial charge >= 0.3 is 0 Å². The molecule has 0 saturated carbocycles. The zero-order chi connectivity index (χ0) is 16.5. The Kier molecular flexibility index (Phi) is 4.08. The van der Waals surface area contributed by atoms with Crippen molar-refractivity contribution < 1.29 is 4.79 Å². The zero-order valence-corrected chi connectivity index (χ0v) is 14.4. The molecule has 3 heterocycles. The van der Waals surface area contributed by atoms with Crippen LogP contribution in [0.4, 0.5) is 5.82 Å². The molecule has 0 radical (unpaired) electrons. The number of rotatable bonds is 2. The van der Waals surface area contributed by atoms with E-state index in [0.717, 1.165) is 34.7 Å². The normalized spacial score (nSPS) is 15.0. The number of pyridine rings is 1. The van der Waals surface area contributed by atoms with Crippen LogP contribution >= 0.6 is 22.9 Å². The summed E-state index contributed by atoms with van der Waals surface area (Å²) >= 11 is 7.40. The number of carbonyl (C=O) groups is 1. The summed E-state index contributed by atoms with van der Waals surface area (Å²) in [5.41, 5.74) is 3.41. The molecule has 1 saturated heterocycles. The van der Waals surface area contributed by atoms with Gasteiger partial charge in [-0.1, -0.05) is 17.7 Å². The second kappa shape index (κ2) is 6.37. The molecule has 0 bridgehead atoms. The van der Waals surface area contributed by atoms with Crippen LogP contribution < -0.4 is 4.90 Å². The van der Waals surface area contributed by atoms with Gasteiger partial charge in [-0.3, -0.25) is 4.79 Å². The van der Waals surface area contributed by atoms with Crippen LogP contribution in [0.5, 0.6) is 0 Å². The number of hydrogen-bond acceptors (Lipinski definition) is 5. The number of aromatic nitrogens is 2. The second-order valence-corrected chi connectivity index (χ2v) is 6.91. The first-order chi connectivity index (χ1) is 11.7. The van der Waals surface area contributed by atoms with E-state index in [9.17, 15) is 4.79 Å². The Morgan fingerprint density at radius 1 is 1.08 bits per heavy atom. The van der Waals surface area contributed by atoms with Crippen molar-refractivity contribution in [2.45, 2.75) is 0 Å². The molecule has 1 aliphatic heterocycles. The van der Waals surface area contributed by atoms with Gasteiger partial charge in [0, 0.05) is 32.4 Å². The molecule has 0 N–H and O–H groups in total. The van der Waals surface area contributed by atoms with Crippen molar-refractivity contribution in [3.8, 4) is 0 Å². The maximum absolute atomic E-state index is 12.9. The van der Waals surface area contributed by atoms with Crippen molar-refractivity contribution in [3.05, 3.63) is 52.6 Å². The lowest BCUT2D eigenvalue weighted by Gasteiger charge is -2.35. The Morgan fingerprint density at radius 3 is 2.67 bits per heavy atom. The largest absolute Gasteiger partial charge is 0.353 e. The summed E-state index contributed by atoms with van der Waals surface area (Å²) < 4.78 is 0.962. The molecule has 1 aromatic carbocycles. The zero-order valence-electron chi connectivity index (χ0n) is 12.9. The molecule has 1 amide bonds. The minimum atomic E-state index is 0.0774. The fraction of sp³-hybridized carbons (Fsp3) is 0.235. The lowest BCUT2D eigenvalue weighted by atomic mass is 10.1. The summed E-state index contributed by atoms with van der Waals surface area (Å²) in [6.45, 7) is 2.88. The van der Waals surface area contributed by atoms with Crippen molar-refractivity contribution in [1.29, 1.82) is 0 Å². The molecule has 0 spiro atoms. The van der Waals surface area contributed by atoms with E-state index < -0.39 is 0 Å². The lowest BCUT2D eigenvalue weighted by molar-refractivity contribution is 0.0748. The van der Waals surface area contributed by atoms with Crippen molar-refractivity contribution in [2.24, 2.45) is 0 Å². The molecule has 0 aliphatic carbocycles. The predicted octanol–water partition coefficient (Wildman–Crippen LogP) is 3.31. The molecular weight excluding hydrogens is 344 g/mol. The first-order valence-corrected chi connectivity index (χ1v) is 8.96. The summed E-state index contributed by atoms with van der Waals surface area (Å²) in [5.74, 6) is 0.977. The molecule has 0 unspecified atom stereocenters. The third-order valence-corrected chi connectivity index (χ3v) is 5.29. The highest BCUT2D eigenvalue weighted by molar-refractivity contribution is 7.17. The summed E-state index contributed by atoms with van der Waals surface area (Å²) in [5, 5.41) is 0.630. The molecule has 1 fully saturated rings. The maximum Gasteiger partial charge on any atom is 0.255 e. The summed E-state index contributed by atoms with van der Waals surface area (Å²) in [6, 6.07) is 9.47. The van der Waals surface area contributed by atoms with Crippen molar-refractivity contribution in [3.63, 3.8) is 0 Å². The van der Waals surface area contributed by atoms with Gasteiger partial charge in [-0.2, -0.15) is 0 Å². The van der Waals surface area contributed by atoms with E-state index in [1.54, 1.807) is 11.7 Å².